The standard InChI is InChI=1S/C20H13N3O5S/c21-7-12-3-11-4-16-18(28-10-26-16)6-14(11)23-20(12)29-8-19(24)22-13-1-2-15-17(5-13)27-9-25-15/h1-6H,8-10H2,(H,22,24). The molecule has 2 aliphatic heterocycles. The van der Waals surface area contributed by atoms with Gasteiger partial charge in [0.1, 0.15) is 11.1 Å². The molecule has 0 saturated carbocycles. The van der Waals surface area contributed by atoms with Crippen molar-refractivity contribution < 1.29 is 23.7 Å². The Labute approximate surface area is 169 Å². The number of pyridine rings is 1. The number of carbonyl (C=O) groups excluding carboxylic acids is 1. The average Bonchev–Trinajstić information content (AvgIpc) is 3.38. The molecule has 0 radical (unpaired) electrons. The molecule has 1 aromatic heterocycles. The van der Waals surface area contributed by atoms with Crippen LogP contribution in [-0.2, 0) is 4.79 Å². The Balaban J connectivity index is 1.32. The van der Waals surface area contributed by atoms with Crippen molar-refractivity contribution >= 4 is 34.3 Å². The highest BCUT2D eigenvalue weighted by molar-refractivity contribution is 8.00. The molecule has 2 aromatic carbocycles. The molecule has 0 bridgehead atoms. The molecule has 0 aliphatic carbocycles. The molecule has 0 atom stereocenters. The van der Waals surface area contributed by atoms with E-state index >= 15 is 0 Å². The van der Waals surface area contributed by atoms with E-state index in [-0.39, 0.29) is 25.2 Å². The number of nitriles is 1. The Hall–Kier alpha value is -3.64. The van der Waals surface area contributed by atoms with E-state index in [1.807, 2.05) is 0 Å². The molecule has 2 aliphatic rings. The number of fused-ring (bicyclic) bond motifs is 3. The minimum absolute atomic E-state index is 0.103. The summed E-state index contributed by atoms with van der Waals surface area (Å²) in [6.45, 7) is 0.339. The second-order valence-electron chi connectivity index (χ2n) is 6.26. The Bertz CT molecular complexity index is 1190. The van der Waals surface area contributed by atoms with E-state index < -0.39 is 0 Å². The molecule has 1 N–H and O–H groups in total. The third kappa shape index (κ3) is 3.34. The van der Waals surface area contributed by atoms with Gasteiger partial charge >= 0.3 is 0 Å². The molecular weight excluding hydrogens is 394 g/mol. The van der Waals surface area contributed by atoms with Crippen LogP contribution in [0.15, 0.2) is 41.4 Å². The second kappa shape index (κ2) is 7.07. The Morgan fingerprint density at radius 1 is 1.03 bits per heavy atom. The summed E-state index contributed by atoms with van der Waals surface area (Å²) in [6.07, 6.45) is 0. The highest BCUT2D eigenvalue weighted by Gasteiger charge is 2.18. The van der Waals surface area contributed by atoms with Crippen LogP contribution >= 0.6 is 11.8 Å². The highest BCUT2D eigenvalue weighted by Crippen LogP contribution is 2.37. The number of rotatable bonds is 4. The Kier molecular flexibility index (Phi) is 4.26. The van der Waals surface area contributed by atoms with Gasteiger partial charge in [-0.1, -0.05) is 11.8 Å². The fraction of sp³-hybridized carbons (Fsp3) is 0.150. The van der Waals surface area contributed by atoms with Gasteiger partial charge in [0.2, 0.25) is 19.5 Å². The van der Waals surface area contributed by atoms with E-state index in [1.54, 1.807) is 36.4 Å². The number of nitrogens with zero attached hydrogens (tertiary/aromatic N) is 2. The van der Waals surface area contributed by atoms with Crippen molar-refractivity contribution in [3.05, 3.63) is 42.0 Å². The topological polar surface area (TPSA) is 103 Å². The van der Waals surface area contributed by atoms with Gasteiger partial charge in [-0.3, -0.25) is 4.79 Å². The Morgan fingerprint density at radius 3 is 2.55 bits per heavy atom. The first kappa shape index (κ1) is 17.5. The number of anilines is 1. The normalized spacial score (nSPS) is 13.3. The van der Waals surface area contributed by atoms with Crippen LogP contribution in [0.2, 0.25) is 0 Å². The summed E-state index contributed by atoms with van der Waals surface area (Å²) in [5.41, 5.74) is 1.68. The Morgan fingerprint density at radius 2 is 1.76 bits per heavy atom. The maximum atomic E-state index is 12.4. The molecule has 0 saturated heterocycles. The van der Waals surface area contributed by atoms with Crippen molar-refractivity contribution in [2.75, 3.05) is 24.7 Å². The summed E-state index contributed by atoms with van der Waals surface area (Å²) < 4.78 is 21.3. The molecule has 1 amide bonds. The fourth-order valence-corrected chi connectivity index (χ4v) is 3.80. The number of amides is 1. The molecule has 5 rings (SSSR count). The molecule has 0 fully saturated rings. The molecule has 9 heteroatoms. The van der Waals surface area contributed by atoms with E-state index in [0.29, 0.717) is 44.8 Å². The lowest BCUT2D eigenvalue weighted by Crippen LogP contribution is -2.14. The summed E-state index contributed by atoms with van der Waals surface area (Å²) in [7, 11) is 0. The predicted molar refractivity (Wildman–Crippen MR) is 104 cm³/mol. The minimum atomic E-state index is -0.217. The number of aromatic nitrogens is 1. The number of hydrogen-bond donors (Lipinski definition) is 1. The zero-order valence-electron chi connectivity index (χ0n) is 14.9. The summed E-state index contributed by atoms with van der Waals surface area (Å²) in [5, 5.41) is 13.5. The number of ether oxygens (including phenoxy) is 4. The molecule has 0 spiro atoms. The SMILES string of the molecule is N#Cc1cc2cc3c(cc2nc1SCC(=O)Nc1ccc2c(c1)OCO2)OCO3. The van der Waals surface area contributed by atoms with E-state index in [1.165, 1.54) is 11.8 Å². The zero-order valence-corrected chi connectivity index (χ0v) is 15.7. The van der Waals surface area contributed by atoms with Gasteiger partial charge in [-0.2, -0.15) is 5.26 Å². The maximum absolute atomic E-state index is 12.4. The molecule has 3 aromatic rings. The number of carbonyl (C=O) groups is 1. The lowest BCUT2D eigenvalue weighted by Gasteiger charge is -2.08. The summed E-state index contributed by atoms with van der Waals surface area (Å²) in [6, 6.07) is 12.6. The number of benzene rings is 2. The van der Waals surface area contributed by atoms with Gasteiger partial charge in [-0.25, -0.2) is 4.98 Å². The van der Waals surface area contributed by atoms with Crippen molar-refractivity contribution in [1.82, 2.24) is 4.98 Å². The van der Waals surface area contributed by atoms with Crippen molar-refractivity contribution in [3.63, 3.8) is 0 Å². The molecule has 29 heavy (non-hydrogen) atoms. The summed E-state index contributed by atoms with van der Waals surface area (Å²) in [5.74, 6) is 2.38. The quantitative estimate of drug-likeness (QED) is 0.657. The first-order valence-electron chi connectivity index (χ1n) is 8.66. The van der Waals surface area contributed by atoms with Crippen LogP contribution in [0.1, 0.15) is 5.56 Å². The predicted octanol–water partition coefficient (Wildman–Crippen LogP) is 3.29. The van der Waals surface area contributed by atoms with Gasteiger partial charge in [0.25, 0.3) is 0 Å². The zero-order chi connectivity index (χ0) is 19.8. The minimum Gasteiger partial charge on any atom is -0.454 e. The van der Waals surface area contributed by atoms with E-state index in [9.17, 15) is 10.1 Å². The number of thioether (sulfide) groups is 1. The maximum Gasteiger partial charge on any atom is 0.234 e. The van der Waals surface area contributed by atoms with E-state index in [2.05, 4.69) is 16.4 Å². The monoisotopic (exact) mass is 407 g/mol. The number of hydrogen-bond acceptors (Lipinski definition) is 8. The van der Waals surface area contributed by atoms with Crippen LogP contribution in [0, 0.1) is 11.3 Å². The smallest absolute Gasteiger partial charge is 0.234 e. The van der Waals surface area contributed by atoms with E-state index in [0.717, 1.165) is 5.39 Å². The van der Waals surface area contributed by atoms with E-state index in [4.69, 9.17) is 18.9 Å². The summed E-state index contributed by atoms with van der Waals surface area (Å²) in [4.78, 5) is 16.9. The summed E-state index contributed by atoms with van der Waals surface area (Å²) >= 11 is 1.20. The lowest BCUT2D eigenvalue weighted by atomic mass is 10.1. The number of nitrogens with one attached hydrogen (secondary N) is 1. The molecule has 8 nitrogen and oxygen atoms in total. The van der Waals surface area contributed by atoms with Gasteiger partial charge in [-0.15, -0.1) is 0 Å². The van der Waals surface area contributed by atoms with Crippen LogP contribution in [-0.4, -0.2) is 30.2 Å². The first-order valence-corrected chi connectivity index (χ1v) is 9.65. The third-order valence-electron chi connectivity index (χ3n) is 4.39. The van der Waals surface area contributed by atoms with Crippen molar-refractivity contribution in [1.29, 1.82) is 5.26 Å². The van der Waals surface area contributed by atoms with Gasteiger partial charge in [0, 0.05) is 23.2 Å². The van der Waals surface area contributed by atoms with Gasteiger partial charge in [0.05, 0.1) is 16.8 Å². The van der Waals surface area contributed by atoms with Crippen LogP contribution < -0.4 is 24.3 Å². The van der Waals surface area contributed by atoms with Crippen molar-refractivity contribution in [2.24, 2.45) is 0 Å². The molecule has 144 valence electrons. The van der Waals surface area contributed by atoms with Crippen LogP contribution in [0.3, 0.4) is 0 Å². The van der Waals surface area contributed by atoms with Crippen LogP contribution in [0.5, 0.6) is 23.0 Å². The van der Waals surface area contributed by atoms with Crippen molar-refractivity contribution in [2.45, 2.75) is 5.03 Å². The van der Waals surface area contributed by atoms with Crippen molar-refractivity contribution in [3.8, 4) is 29.1 Å². The first-order chi connectivity index (χ1) is 14.2. The average molecular weight is 407 g/mol. The van der Waals surface area contributed by atoms with Gasteiger partial charge in [0.15, 0.2) is 23.0 Å². The van der Waals surface area contributed by atoms with Crippen LogP contribution in [0.25, 0.3) is 10.9 Å². The largest absolute Gasteiger partial charge is 0.454 e. The third-order valence-corrected chi connectivity index (χ3v) is 5.38. The lowest BCUT2D eigenvalue weighted by molar-refractivity contribution is -0.113. The van der Waals surface area contributed by atoms with Gasteiger partial charge < -0.3 is 24.3 Å². The molecular formula is C20H13N3O5S. The fourth-order valence-electron chi connectivity index (χ4n) is 3.04. The van der Waals surface area contributed by atoms with Gasteiger partial charge in [-0.05, 0) is 24.3 Å². The van der Waals surface area contributed by atoms with Crippen LogP contribution in [0.4, 0.5) is 5.69 Å². The molecule has 0 unspecified atom stereocenters. The highest BCUT2D eigenvalue weighted by atomic mass is 32.2. The second-order valence-corrected chi connectivity index (χ2v) is 7.22. The molecule has 3 heterocycles.